The molecule has 3 fully saturated rings. The Balaban J connectivity index is 1.36. The first kappa shape index (κ1) is 20.9. The molecule has 2 bridgehead atoms. The van der Waals surface area contributed by atoms with Crippen LogP contribution in [-0.4, -0.2) is 37.8 Å². The Labute approximate surface area is 175 Å². The zero-order chi connectivity index (χ0) is 21.0. The van der Waals surface area contributed by atoms with Crippen molar-refractivity contribution < 1.29 is 13.2 Å². The van der Waals surface area contributed by atoms with E-state index in [0.29, 0.717) is 36.7 Å². The van der Waals surface area contributed by atoms with Gasteiger partial charge in [-0.25, -0.2) is 8.42 Å². The lowest BCUT2D eigenvalue weighted by atomic mass is 9.69. The minimum atomic E-state index is -3.48. The molecule has 0 radical (unpaired) electrons. The topological polar surface area (TPSA) is 66.5 Å². The number of rotatable bonds is 4. The maximum absolute atomic E-state index is 13.0. The normalized spacial score (nSPS) is 32.4. The van der Waals surface area contributed by atoms with Crippen LogP contribution in [0.4, 0.5) is 0 Å². The van der Waals surface area contributed by atoms with Crippen molar-refractivity contribution >= 4 is 15.9 Å². The molecule has 2 aliphatic carbocycles. The second-order valence-electron chi connectivity index (χ2n) is 10.2. The number of sulfonamides is 1. The second-order valence-corrected chi connectivity index (χ2v) is 12.1. The lowest BCUT2D eigenvalue weighted by Gasteiger charge is -2.40. The Morgan fingerprint density at radius 2 is 1.69 bits per heavy atom. The highest BCUT2D eigenvalue weighted by molar-refractivity contribution is 7.89. The minimum absolute atomic E-state index is 0.0923. The summed E-state index contributed by atoms with van der Waals surface area (Å²) in [5.41, 5.74) is 1.48. The van der Waals surface area contributed by atoms with Gasteiger partial charge in [-0.2, -0.15) is 4.31 Å². The van der Waals surface area contributed by atoms with E-state index in [2.05, 4.69) is 26.1 Å². The van der Waals surface area contributed by atoms with Crippen LogP contribution in [0.25, 0.3) is 0 Å². The first-order chi connectivity index (χ1) is 13.6. The van der Waals surface area contributed by atoms with Gasteiger partial charge in [-0.05, 0) is 67.9 Å². The lowest BCUT2D eigenvalue weighted by molar-refractivity contribution is -0.127. The highest BCUT2D eigenvalue weighted by Crippen LogP contribution is 2.65. The molecular weight excluding hydrogens is 384 g/mol. The molecule has 1 saturated heterocycles. The van der Waals surface area contributed by atoms with E-state index in [0.717, 1.165) is 12.0 Å². The smallest absolute Gasteiger partial charge is 0.243 e. The first-order valence-electron chi connectivity index (χ1n) is 10.9. The number of hydrogen-bond acceptors (Lipinski definition) is 3. The van der Waals surface area contributed by atoms with E-state index < -0.39 is 10.0 Å². The predicted octanol–water partition coefficient (Wildman–Crippen LogP) is 3.73. The van der Waals surface area contributed by atoms with E-state index in [1.807, 2.05) is 19.1 Å². The Morgan fingerprint density at radius 1 is 1.07 bits per heavy atom. The standard InChI is InChI=1S/C23H34N2O3S/c1-16-5-7-19(8-6-16)29(27,28)25-13-10-17(11-14-25)21(26)24-20-15-18-9-12-23(20,4)22(18,2)3/h5-8,17-18,20H,9-15H2,1-4H3,(H,24,26). The highest BCUT2D eigenvalue weighted by atomic mass is 32.2. The van der Waals surface area contributed by atoms with Gasteiger partial charge < -0.3 is 5.32 Å². The van der Waals surface area contributed by atoms with Gasteiger partial charge >= 0.3 is 0 Å². The summed E-state index contributed by atoms with van der Waals surface area (Å²) in [6.07, 6.45) is 4.71. The van der Waals surface area contributed by atoms with Crippen molar-refractivity contribution in [3.63, 3.8) is 0 Å². The Kier molecular flexibility index (Phi) is 5.10. The lowest BCUT2D eigenvalue weighted by Crippen LogP contribution is -2.50. The summed E-state index contributed by atoms with van der Waals surface area (Å²) in [5.74, 6) is 0.719. The van der Waals surface area contributed by atoms with Crippen LogP contribution >= 0.6 is 0 Å². The van der Waals surface area contributed by atoms with E-state index in [4.69, 9.17) is 0 Å². The average molecular weight is 419 g/mol. The third kappa shape index (κ3) is 3.32. The van der Waals surface area contributed by atoms with Crippen LogP contribution in [0.3, 0.4) is 0 Å². The minimum Gasteiger partial charge on any atom is -0.353 e. The van der Waals surface area contributed by atoms with E-state index in [1.165, 1.54) is 17.1 Å². The Hall–Kier alpha value is -1.40. The van der Waals surface area contributed by atoms with Crippen molar-refractivity contribution in [1.29, 1.82) is 0 Å². The fourth-order valence-electron chi connectivity index (χ4n) is 5.93. The molecular formula is C23H34N2O3S. The molecule has 160 valence electrons. The molecule has 3 atom stereocenters. The van der Waals surface area contributed by atoms with Crippen molar-refractivity contribution in [3.05, 3.63) is 29.8 Å². The van der Waals surface area contributed by atoms with Gasteiger partial charge in [0.25, 0.3) is 0 Å². The van der Waals surface area contributed by atoms with E-state index in [9.17, 15) is 13.2 Å². The summed E-state index contributed by atoms with van der Waals surface area (Å²) >= 11 is 0. The fraction of sp³-hybridized carbons (Fsp3) is 0.696. The van der Waals surface area contributed by atoms with Crippen LogP contribution < -0.4 is 5.32 Å². The number of carbonyl (C=O) groups excluding carboxylic acids is 1. The van der Waals surface area contributed by atoms with Gasteiger partial charge in [0.1, 0.15) is 0 Å². The van der Waals surface area contributed by atoms with E-state index in [-0.39, 0.29) is 28.7 Å². The van der Waals surface area contributed by atoms with Gasteiger partial charge in [0.2, 0.25) is 15.9 Å². The Bertz CT molecular complexity index is 885. The molecule has 3 unspecified atom stereocenters. The van der Waals surface area contributed by atoms with Gasteiger partial charge in [-0.15, -0.1) is 0 Å². The zero-order valence-corrected chi connectivity index (χ0v) is 18.9. The highest BCUT2D eigenvalue weighted by Gasteiger charge is 2.61. The van der Waals surface area contributed by atoms with Crippen LogP contribution in [0.15, 0.2) is 29.2 Å². The number of fused-ring (bicyclic) bond motifs is 2. The van der Waals surface area contributed by atoms with Gasteiger partial charge in [-0.3, -0.25) is 4.79 Å². The summed E-state index contributed by atoms with van der Waals surface area (Å²) in [6, 6.07) is 7.23. The number of nitrogens with one attached hydrogen (secondary N) is 1. The number of hydrogen-bond donors (Lipinski definition) is 1. The summed E-state index contributed by atoms with van der Waals surface area (Å²) < 4.78 is 27.3. The van der Waals surface area contributed by atoms with Gasteiger partial charge in [0, 0.05) is 25.0 Å². The van der Waals surface area contributed by atoms with Crippen molar-refractivity contribution in [1.82, 2.24) is 9.62 Å². The fourth-order valence-corrected chi connectivity index (χ4v) is 7.40. The number of benzene rings is 1. The molecule has 6 heteroatoms. The maximum atomic E-state index is 13.0. The number of piperidine rings is 1. The average Bonchev–Trinajstić information content (AvgIpc) is 3.02. The third-order valence-corrected chi connectivity index (χ3v) is 10.5. The van der Waals surface area contributed by atoms with Crippen molar-refractivity contribution in [2.45, 2.75) is 70.7 Å². The molecule has 1 aliphatic heterocycles. The maximum Gasteiger partial charge on any atom is 0.243 e. The molecule has 0 aromatic heterocycles. The molecule has 2 saturated carbocycles. The molecule has 1 N–H and O–H groups in total. The molecule has 0 spiro atoms. The van der Waals surface area contributed by atoms with E-state index in [1.54, 1.807) is 12.1 Å². The summed E-state index contributed by atoms with van der Waals surface area (Å²) in [5, 5.41) is 3.36. The summed E-state index contributed by atoms with van der Waals surface area (Å²) in [4.78, 5) is 13.3. The third-order valence-electron chi connectivity index (χ3n) is 8.59. The van der Waals surface area contributed by atoms with Crippen molar-refractivity contribution in [2.75, 3.05) is 13.1 Å². The van der Waals surface area contributed by atoms with Crippen LogP contribution in [0.1, 0.15) is 58.4 Å². The predicted molar refractivity (Wildman–Crippen MR) is 114 cm³/mol. The SMILES string of the molecule is Cc1ccc(S(=O)(=O)N2CCC(C(=O)NC3CC4CCC3(C)C4(C)C)CC2)cc1. The van der Waals surface area contributed by atoms with Crippen LogP contribution in [0.5, 0.6) is 0 Å². The number of nitrogens with zero attached hydrogens (tertiary/aromatic N) is 1. The van der Waals surface area contributed by atoms with Gasteiger partial charge in [0.15, 0.2) is 0 Å². The summed E-state index contributed by atoms with van der Waals surface area (Å²) in [7, 11) is -3.48. The zero-order valence-electron chi connectivity index (χ0n) is 18.1. The number of aryl methyl sites for hydroxylation is 1. The molecule has 1 amide bonds. The molecule has 1 aromatic carbocycles. The molecule has 3 aliphatic rings. The molecule has 1 aromatic rings. The van der Waals surface area contributed by atoms with Gasteiger partial charge in [-0.1, -0.05) is 38.5 Å². The van der Waals surface area contributed by atoms with Crippen LogP contribution in [0, 0.1) is 29.6 Å². The quantitative estimate of drug-likeness (QED) is 0.810. The molecule has 29 heavy (non-hydrogen) atoms. The summed E-state index contributed by atoms with van der Waals surface area (Å²) in [6.45, 7) is 9.80. The molecule has 4 rings (SSSR count). The van der Waals surface area contributed by atoms with Crippen molar-refractivity contribution in [2.24, 2.45) is 22.7 Å². The number of carbonyl (C=O) groups is 1. The monoisotopic (exact) mass is 418 g/mol. The largest absolute Gasteiger partial charge is 0.353 e. The molecule has 5 nitrogen and oxygen atoms in total. The Morgan fingerprint density at radius 3 is 2.21 bits per heavy atom. The number of amides is 1. The van der Waals surface area contributed by atoms with E-state index >= 15 is 0 Å². The molecule has 1 heterocycles. The first-order valence-corrected chi connectivity index (χ1v) is 12.4. The van der Waals surface area contributed by atoms with Crippen molar-refractivity contribution in [3.8, 4) is 0 Å². The van der Waals surface area contributed by atoms with Gasteiger partial charge in [0.05, 0.1) is 4.90 Å². The second kappa shape index (κ2) is 7.09. The van der Waals surface area contributed by atoms with Crippen LogP contribution in [-0.2, 0) is 14.8 Å². The van der Waals surface area contributed by atoms with Crippen LogP contribution in [0.2, 0.25) is 0 Å².